The molecule has 4 aromatic carbocycles. The van der Waals surface area contributed by atoms with E-state index in [9.17, 15) is 9.59 Å². The van der Waals surface area contributed by atoms with Gasteiger partial charge in [0.15, 0.2) is 0 Å². The molecule has 0 bridgehead atoms. The Bertz CT molecular complexity index is 1580. The lowest BCUT2D eigenvalue weighted by molar-refractivity contribution is 0.0719. The Morgan fingerprint density at radius 3 is 2.16 bits per heavy atom. The van der Waals surface area contributed by atoms with E-state index < -0.39 is 11.9 Å². The molecule has 6 rings (SSSR count). The molecule has 1 saturated heterocycles. The van der Waals surface area contributed by atoms with Crippen LogP contribution in [0.4, 0.5) is 0 Å². The van der Waals surface area contributed by atoms with Crippen molar-refractivity contribution >= 4 is 22.7 Å². The van der Waals surface area contributed by atoms with E-state index in [2.05, 4.69) is 0 Å². The molecule has 3 unspecified atom stereocenters. The van der Waals surface area contributed by atoms with Crippen molar-refractivity contribution in [3.8, 4) is 23.0 Å². The van der Waals surface area contributed by atoms with E-state index in [1.54, 1.807) is 60.7 Å². The van der Waals surface area contributed by atoms with E-state index in [1.807, 2.05) is 24.3 Å². The van der Waals surface area contributed by atoms with Crippen molar-refractivity contribution < 1.29 is 38.0 Å². The van der Waals surface area contributed by atoms with Crippen LogP contribution in [0.1, 0.15) is 46.4 Å². The quantitative estimate of drug-likeness (QED) is 0.0795. The molecular weight excluding hydrogens is 548 g/mol. The molecule has 8 heteroatoms. The highest BCUT2D eigenvalue weighted by Crippen LogP contribution is 2.39. The summed E-state index contributed by atoms with van der Waals surface area (Å²) in [6.45, 7) is 2.06. The molecule has 2 aliphatic rings. The first-order chi connectivity index (χ1) is 21.0. The number of benzene rings is 4. The Kier molecular flexibility index (Phi) is 8.86. The van der Waals surface area contributed by atoms with Gasteiger partial charge in [-0.25, -0.2) is 9.59 Å². The largest absolute Gasteiger partial charge is 0.497 e. The normalized spacial score (nSPS) is 18.9. The van der Waals surface area contributed by atoms with Crippen LogP contribution in [-0.4, -0.2) is 51.1 Å². The van der Waals surface area contributed by atoms with Crippen molar-refractivity contribution in [2.75, 3.05) is 26.9 Å². The molecule has 0 N–H and O–H groups in total. The molecule has 0 radical (unpaired) electrons. The van der Waals surface area contributed by atoms with Gasteiger partial charge in [0, 0.05) is 19.6 Å². The zero-order valence-electron chi connectivity index (χ0n) is 24.0. The Hall–Kier alpha value is -4.40. The van der Waals surface area contributed by atoms with Crippen molar-refractivity contribution in [3.05, 3.63) is 96.1 Å². The first kappa shape index (κ1) is 28.7. The predicted molar refractivity (Wildman–Crippen MR) is 160 cm³/mol. The van der Waals surface area contributed by atoms with Crippen LogP contribution in [-0.2, 0) is 9.47 Å². The molecule has 1 aliphatic carbocycles. The van der Waals surface area contributed by atoms with E-state index in [0.29, 0.717) is 59.7 Å². The third-order valence-corrected chi connectivity index (χ3v) is 7.77. The van der Waals surface area contributed by atoms with Crippen molar-refractivity contribution in [2.24, 2.45) is 5.92 Å². The van der Waals surface area contributed by atoms with Gasteiger partial charge in [-0.1, -0.05) is 18.2 Å². The molecule has 4 aromatic rings. The SMILES string of the molecule is COc1cccc(C(=O)Oc2ccc(OC(=O)c3ccc4cc(OCCCOCC5CCC6OC6C5)ccc4c3)cc2)c1. The van der Waals surface area contributed by atoms with E-state index in [1.165, 1.54) is 20.0 Å². The van der Waals surface area contributed by atoms with Gasteiger partial charge < -0.3 is 28.4 Å². The molecule has 0 spiro atoms. The number of carbonyl (C=O) groups excluding carboxylic acids is 2. The van der Waals surface area contributed by atoms with Gasteiger partial charge in [-0.2, -0.15) is 0 Å². The second-order valence-corrected chi connectivity index (χ2v) is 10.9. The molecule has 1 aliphatic heterocycles. The highest BCUT2D eigenvalue weighted by Gasteiger charge is 2.43. The summed E-state index contributed by atoms with van der Waals surface area (Å²) in [6, 6.07) is 24.2. The van der Waals surface area contributed by atoms with Gasteiger partial charge >= 0.3 is 11.9 Å². The third kappa shape index (κ3) is 7.52. The van der Waals surface area contributed by atoms with Crippen LogP contribution in [0.15, 0.2) is 84.9 Å². The predicted octanol–water partition coefficient (Wildman–Crippen LogP) is 6.64. The summed E-state index contributed by atoms with van der Waals surface area (Å²) in [6.07, 6.45) is 5.35. The van der Waals surface area contributed by atoms with Gasteiger partial charge in [0.25, 0.3) is 0 Å². The Balaban J connectivity index is 0.957. The maximum atomic E-state index is 12.8. The van der Waals surface area contributed by atoms with Crippen LogP contribution in [0.3, 0.4) is 0 Å². The maximum Gasteiger partial charge on any atom is 0.343 e. The molecule has 0 amide bonds. The fourth-order valence-electron chi connectivity index (χ4n) is 5.34. The highest BCUT2D eigenvalue weighted by atomic mass is 16.6. The second kappa shape index (κ2) is 13.3. The Labute approximate surface area is 250 Å². The topological polar surface area (TPSA) is 92.8 Å². The zero-order valence-corrected chi connectivity index (χ0v) is 24.0. The number of rotatable bonds is 12. The summed E-state index contributed by atoms with van der Waals surface area (Å²) in [7, 11) is 1.53. The molecule has 222 valence electrons. The van der Waals surface area contributed by atoms with Gasteiger partial charge in [0.05, 0.1) is 37.1 Å². The monoisotopic (exact) mass is 582 g/mol. The van der Waals surface area contributed by atoms with Crippen molar-refractivity contribution in [3.63, 3.8) is 0 Å². The number of hydrogen-bond donors (Lipinski definition) is 0. The summed E-state index contributed by atoms with van der Waals surface area (Å²) in [5.74, 6) is 1.63. The van der Waals surface area contributed by atoms with E-state index in [0.717, 1.165) is 36.0 Å². The van der Waals surface area contributed by atoms with Crippen LogP contribution in [0.5, 0.6) is 23.0 Å². The van der Waals surface area contributed by atoms with Gasteiger partial charge in [0.2, 0.25) is 0 Å². The first-order valence-electron chi connectivity index (χ1n) is 14.6. The first-order valence-corrected chi connectivity index (χ1v) is 14.6. The third-order valence-electron chi connectivity index (χ3n) is 7.77. The number of epoxide rings is 1. The van der Waals surface area contributed by atoms with Crippen LogP contribution in [0, 0.1) is 5.92 Å². The summed E-state index contributed by atoms with van der Waals surface area (Å²) in [5, 5.41) is 1.87. The molecular formula is C35H34O8. The lowest BCUT2D eigenvalue weighted by Gasteiger charge is -2.18. The fraction of sp³-hybridized carbons (Fsp3) is 0.314. The summed E-state index contributed by atoms with van der Waals surface area (Å²) in [5.41, 5.74) is 0.792. The molecule has 1 saturated carbocycles. The molecule has 8 nitrogen and oxygen atoms in total. The lowest BCUT2D eigenvalue weighted by Crippen LogP contribution is -2.19. The van der Waals surface area contributed by atoms with Crippen LogP contribution in [0.2, 0.25) is 0 Å². The fourth-order valence-corrected chi connectivity index (χ4v) is 5.34. The molecule has 2 fully saturated rings. The van der Waals surface area contributed by atoms with Crippen molar-refractivity contribution in [2.45, 2.75) is 37.9 Å². The average Bonchev–Trinajstić information content (AvgIpc) is 3.82. The van der Waals surface area contributed by atoms with Gasteiger partial charge in [-0.15, -0.1) is 0 Å². The summed E-state index contributed by atoms with van der Waals surface area (Å²) >= 11 is 0. The summed E-state index contributed by atoms with van der Waals surface area (Å²) < 4.78 is 33.5. The number of methoxy groups -OCH3 is 1. The highest BCUT2D eigenvalue weighted by molar-refractivity contribution is 5.96. The minimum atomic E-state index is -0.514. The maximum absolute atomic E-state index is 12.8. The zero-order chi connectivity index (χ0) is 29.6. The molecule has 0 aromatic heterocycles. The lowest BCUT2D eigenvalue weighted by atomic mass is 9.90. The second-order valence-electron chi connectivity index (χ2n) is 10.9. The average molecular weight is 583 g/mol. The minimum Gasteiger partial charge on any atom is -0.497 e. The molecule has 1 heterocycles. The van der Waals surface area contributed by atoms with E-state index >= 15 is 0 Å². The molecule has 3 atom stereocenters. The number of hydrogen-bond acceptors (Lipinski definition) is 8. The number of ether oxygens (including phenoxy) is 6. The van der Waals surface area contributed by atoms with Crippen molar-refractivity contribution in [1.82, 2.24) is 0 Å². The van der Waals surface area contributed by atoms with E-state index in [-0.39, 0.29) is 0 Å². The smallest absolute Gasteiger partial charge is 0.343 e. The van der Waals surface area contributed by atoms with Crippen LogP contribution >= 0.6 is 0 Å². The van der Waals surface area contributed by atoms with Crippen molar-refractivity contribution in [1.29, 1.82) is 0 Å². The minimum absolute atomic E-state index is 0.329. The van der Waals surface area contributed by atoms with Gasteiger partial charge in [0.1, 0.15) is 23.0 Å². The van der Waals surface area contributed by atoms with E-state index in [4.69, 9.17) is 28.4 Å². The van der Waals surface area contributed by atoms with Gasteiger partial charge in [-0.3, -0.25) is 0 Å². The number of esters is 2. The summed E-state index contributed by atoms with van der Waals surface area (Å²) in [4.78, 5) is 25.2. The Morgan fingerprint density at radius 1 is 0.721 bits per heavy atom. The standard InChI is InChI=1S/C35H34O8/c1-38-30-5-2-4-26(21-30)34(36)41-28-11-13-29(14-12-28)42-35(37)27-8-7-25-20-31(10-9-24(25)19-27)40-17-3-16-39-22-23-6-15-32-33(18-23)43-32/h2,4-5,7-14,19-21,23,32-33H,3,6,15-18,22H2,1H3. The van der Waals surface area contributed by atoms with Crippen LogP contribution in [0.25, 0.3) is 10.8 Å². The molecule has 43 heavy (non-hydrogen) atoms. The van der Waals surface area contributed by atoms with Crippen LogP contribution < -0.4 is 18.9 Å². The number of carbonyl (C=O) groups is 2. The number of fused-ring (bicyclic) bond motifs is 2. The Morgan fingerprint density at radius 2 is 1.42 bits per heavy atom. The van der Waals surface area contributed by atoms with Gasteiger partial charge in [-0.05, 0) is 103 Å².